The SMILES string of the molecule is C=C(CCc1ccc(C)cc1)c1ccc(B2OC(C)(C)C(C)(C)O2)cc1. The van der Waals surface area contributed by atoms with E-state index in [2.05, 4.69) is 89.7 Å². The van der Waals surface area contributed by atoms with Crippen molar-refractivity contribution in [3.05, 3.63) is 71.8 Å². The highest BCUT2D eigenvalue weighted by Crippen LogP contribution is 2.36. The van der Waals surface area contributed by atoms with E-state index in [-0.39, 0.29) is 18.3 Å². The summed E-state index contributed by atoms with van der Waals surface area (Å²) in [5, 5.41) is 0. The van der Waals surface area contributed by atoms with E-state index in [9.17, 15) is 0 Å². The summed E-state index contributed by atoms with van der Waals surface area (Å²) in [6.07, 6.45) is 1.97. The van der Waals surface area contributed by atoms with Crippen molar-refractivity contribution in [2.75, 3.05) is 0 Å². The fraction of sp³-hybridized carbons (Fsp3) is 0.391. The minimum Gasteiger partial charge on any atom is -0.399 e. The van der Waals surface area contributed by atoms with E-state index < -0.39 is 0 Å². The molecule has 1 heterocycles. The number of hydrogen-bond donors (Lipinski definition) is 0. The Bertz CT molecular complexity index is 757. The van der Waals surface area contributed by atoms with Gasteiger partial charge in [0.15, 0.2) is 0 Å². The summed E-state index contributed by atoms with van der Waals surface area (Å²) in [6.45, 7) is 14.7. The second kappa shape index (κ2) is 7.05. The van der Waals surface area contributed by atoms with Gasteiger partial charge in [-0.15, -0.1) is 0 Å². The van der Waals surface area contributed by atoms with Crippen molar-refractivity contribution in [3.63, 3.8) is 0 Å². The number of aryl methyl sites for hydroxylation is 2. The number of benzene rings is 2. The monoisotopic (exact) mass is 348 g/mol. The van der Waals surface area contributed by atoms with Crippen LogP contribution in [0, 0.1) is 6.92 Å². The standard InChI is InChI=1S/C23H29BO2/c1-17-7-10-19(11-8-17)12-9-18(2)20-13-15-21(16-14-20)24-25-22(3,4)23(5,6)26-24/h7-8,10-11,13-16H,2,9,12H2,1,3-6H3. The van der Waals surface area contributed by atoms with Gasteiger partial charge in [0, 0.05) is 0 Å². The lowest BCUT2D eigenvalue weighted by Crippen LogP contribution is -2.41. The van der Waals surface area contributed by atoms with E-state index >= 15 is 0 Å². The molecule has 0 aromatic heterocycles. The lowest BCUT2D eigenvalue weighted by Gasteiger charge is -2.32. The van der Waals surface area contributed by atoms with E-state index in [1.54, 1.807) is 0 Å². The third-order valence-electron chi connectivity index (χ3n) is 5.68. The Balaban J connectivity index is 1.62. The van der Waals surface area contributed by atoms with Crippen molar-refractivity contribution < 1.29 is 9.31 Å². The van der Waals surface area contributed by atoms with Crippen molar-refractivity contribution >= 4 is 18.2 Å². The summed E-state index contributed by atoms with van der Waals surface area (Å²) in [6, 6.07) is 17.2. The van der Waals surface area contributed by atoms with Gasteiger partial charge in [-0.1, -0.05) is 60.7 Å². The molecule has 2 nitrogen and oxygen atoms in total. The molecule has 0 aliphatic carbocycles. The third-order valence-corrected chi connectivity index (χ3v) is 5.68. The van der Waals surface area contributed by atoms with Crippen LogP contribution < -0.4 is 5.46 Å². The van der Waals surface area contributed by atoms with Crippen LogP contribution in [0.3, 0.4) is 0 Å². The van der Waals surface area contributed by atoms with E-state index in [1.165, 1.54) is 16.7 Å². The summed E-state index contributed by atoms with van der Waals surface area (Å²) in [7, 11) is -0.310. The summed E-state index contributed by atoms with van der Waals surface area (Å²) in [5.74, 6) is 0. The quantitative estimate of drug-likeness (QED) is 0.713. The minimum absolute atomic E-state index is 0.310. The zero-order valence-electron chi connectivity index (χ0n) is 16.6. The van der Waals surface area contributed by atoms with Crippen LogP contribution in [0.15, 0.2) is 55.1 Å². The first-order chi connectivity index (χ1) is 12.2. The summed E-state index contributed by atoms with van der Waals surface area (Å²) < 4.78 is 12.2. The first-order valence-electron chi connectivity index (χ1n) is 9.37. The first-order valence-corrected chi connectivity index (χ1v) is 9.37. The fourth-order valence-electron chi connectivity index (χ4n) is 3.05. The molecule has 1 saturated heterocycles. The van der Waals surface area contributed by atoms with Crippen LogP contribution in [0.25, 0.3) is 5.57 Å². The molecule has 0 unspecified atom stereocenters. The average molecular weight is 348 g/mol. The summed E-state index contributed by atoms with van der Waals surface area (Å²) in [4.78, 5) is 0. The van der Waals surface area contributed by atoms with Crippen molar-refractivity contribution in [1.29, 1.82) is 0 Å². The van der Waals surface area contributed by atoms with Crippen molar-refractivity contribution in [2.24, 2.45) is 0 Å². The second-order valence-electron chi connectivity index (χ2n) is 8.30. The Hall–Kier alpha value is -1.84. The molecule has 26 heavy (non-hydrogen) atoms. The average Bonchev–Trinajstić information content (AvgIpc) is 2.82. The Morgan fingerprint density at radius 3 is 1.96 bits per heavy atom. The van der Waals surface area contributed by atoms with Gasteiger partial charge in [-0.2, -0.15) is 0 Å². The molecule has 0 spiro atoms. The van der Waals surface area contributed by atoms with Crippen molar-refractivity contribution in [2.45, 2.75) is 58.7 Å². The number of allylic oxidation sites excluding steroid dienone is 1. The topological polar surface area (TPSA) is 18.5 Å². The van der Waals surface area contributed by atoms with Gasteiger partial charge in [0.1, 0.15) is 0 Å². The van der Waals surface area contributed by atoms with Crippen LogP contribution in [0.2, 0.25) is 0 Å². The molecular formula is C23H29BO2. The molecule has 1 aliphatic heterocycles. The molecule has 3 rings (SSSR count). The molecule has 136 valence electrons. The molecule has 0 saturated carbocycles. The van der Waals surface area contributed by atoms with Crippen LogP contribution in [0.4, 0.5) is 0 Å². The smallest absolute Gasteiger partial charge is 0.399 e. The zero-order valence-corrected chi connectivity index (χ0v) is 16.6. The minimum atomic E-state index is -0.312. The Morgan fingerprint density at radius 2 is 1.42 bits per heavy atom. The molecule has 2 aromatic carbocycles. The first kappa shape index (κ1) is 18.9. The lowest BCUT2D eigenvalue weighted by molar-refractivity contribution is 0.00578. The largest absolute Gasteiger partial charge is 0.494 e. The summed E-state index contributed by atoms with van der Waals surface area (Å²) in [5.41, 5.74) is 5.42. The van der Waals surface area contributed by atoms with E-state index in [0.29, 0.717) is 0 Å². The van der Waals surface area contributed by atoms with E-state index in [1.807, 2.05) is 0 Å². The Kier molecular flexibility index (Phi) is 5.14. The lowest BCUT2D eigenvalue weighted by atomic mass is 9.78. The predicted octanol–water partition coefficient (Wildman–Crippen LogP) is 4.94. The van der Waals surface area contributed by atoms with Crippen LogP contribution in [0.1, 0.15) is 50.8 Å². The van der Waals surface area contributed by atoms with Gasteiger partial charge < -0.3 is 9.31 Å². The Labute approximate surface area is 158 Å². The highest BCUT2D eigenvalue weighted by Gasteiger charge is 2.51. The number of rotatable bonds is 5. The molecule has 2 aromatic rings. The number of hydrogen-bond acceptors (Lipinski definition) is 2. The molecule has 0 bridgehead atoms. The van der Waals surface area contributed by atoms with Gasteiger partial charge >= 0.3 is 7.12 Å². The van der Waals surface area contributed by atoms with Gasteiger partial charge in [0.05, 0.1) is 11.2 Å². The molecule has 0 amide bonds. The zero-order chi connectivity index (χ0) is 18.9. The van der Waals surface area contributed by atoms with Gasteiger partial charge in [-0.25, -0.2) is 0 Å². The fourth-order valence-corrected chi connectivity index (χ4v) is 3.05. The van der Waals surface area contributed by atoms with Gasteiger partial charge in [0.2, 0.25) is 0 Å². The predicted molar refractivity (Wildman–Crippen MR) is 111 cm³/mol. The van der Waals surface area contributed by atoms with Crippen LogP contribution in [-0.4, -0.2) is 18.3 Å². The highest BCUT2D eigenvalue weighted by atomic mass is 16.7. The maximum atomic E-state index is 6.12. The van der Waals surface area contributed by atoms with E-state index in [0.717, 1.165) is 23.9 Å². The van der Waals surface area contributed by atoms with Crippen LogP contribution >= 0.6 is 0 Å². The molecular weight excluding hydrogens is 319 g/mol. The maximum absolute atomic E-state index is 6.12. The molecule has 3 heteroatoms. The summed E-state index contributed by atoms with van der Waals surface area (Å²) >= 11 is 0. The van der Waals surface area contributed by atoms with Crippen molar-refractivity contribution in [3.8, 4) is 0 Å². The maximum Gasteiger partial charge on any atom is 0.494 e. The highest BCUT2D eigenvalue weighted by molar-refractivity contribution is 6.62. The second-order valence-corrected chi connectivity index (χ2v) is 8.30. The van der Waals surface area contributed by atoms with Gasteiger partial charge in [0.25, 0.3) is 0 Å². The van der Waals surface area contributed by atoms with Crippen LogP contribution in [0.5, 0.6) is 0 Å². The third kappa shape index (κ3) is 3.95. The molecule has 0 N–H and O–H groups in total. The molecule has 1 aliphatic rings. The van der Waals surface area contributed by atoms with Crippen molar-refractivity contribution in [1.82, 2.24) is 0 Å². The van der Waals surface area contributed by atoms with Crippen LogP contribution in [-0.2, 0) is 15.7 Å². The molecule has 0 atom stereocenters. The normalized spacial score (nSPS) is 18.1. The Morgan fingerprint density at radius 1 is 0.885 bits per heavy atom. The molecule has 0 radical (unpaired) electrons. The molecule has 1 fully saturated rings. The van der Waals surface area contributed by atoms with E-state index in [4.69, 9.17) is 9.31 Å². The van der Waals surface area contributed by atoms with Gasteiger partial charge in [-0.05, 0) is 69.6 Å². The van der Waals surface area contributed by atoms with Gasteiger partial charge in [-0.3, -0.25) is 0 Å².